The van der Waals surface area contributed by atoms with Crippen LogP contribution >= 0.6 is 11.5 Å². The molecule has 7 nitrogen and oxygen atoms in total. The van der Waals surface area contributed by atoms with Crippen molar-refractivity contribution in [2.24, 2.45) is 0 Å². The fourth-order valence-corrected chi connectivity index (χ4v) is 4.05. The van der Waals surface area contributed by atoms with Gasteiger partial charge in [0, 0.05) is 49.7 Å². The molecule has 0 unspecified atom stereocenters. The Kier molecular flexibility index (Phi) is 4.04. The van der Waals surface area contributed by atoms with E-state index in [1.807, 2.05) is 0 Å². The minimum absolute atomic E-state index is 0.0971. The van der Waals surface area contributed by atoms with Crippen LogP contribution in [-0.2, 0) is 10.2 Å². The molecule has 2 aromatic rings. The van der Waals surface area contributed by atoms with Crippen molar-refractivity contribution < 1.29 is 9.15 Å². The van der Waals surface area contributed by atoms with Gasteiger partial charge in [-0.05, 0) is 19.8 Å². The number of hydrogen-bond acceptors (Lipinski definition) is 8. The topological polar surface area (TPSA) is 77.2 Å². The predicted octanol–water partition coefficient (Wildman–Crippen LogP) is 2.72. The van der Waals surface area contributed by atoms with Gasteiger partial charge in [-0.1, -0.05) is 13.8 Å². The van der Waals surface area contributed by atoms with Crippen molar-refractivity contribution in [3.63, 3.8) is 0 Å². The molecule has 0 saturated carbocycles. The average Bonchev–Trinajstić information content (AvgIpc) is 3.22. The van der Waals surface area contributed by atoms with Crippen LogP contribution in [0.2, 0.25) is 0 Å². The van der Waals surface area contributed by atoms with Crippen molar-refractivity contribution in [1.29, 1.82) is 0 Å². The number of anilines is 1. The Balaban J connectivity index is 1.43. The van der Waals surface area contributed by atoms with Crippen LogP contribution in [0.3, 0.4) is 0 Å². The average molecular weight is 349 g/mol. The Morgan fingerprint density at radius 1 is 1.21 bits per heavy atom. The highest BCUT2D eigenvalue weighted by Crippen LogP contribution is 2.38. The SMILES string of the molecule is CC(C)c1nsc(N2CC(C)(c3nnc(C4CCOCC4)o3)C2)n1. The van der Waals surface area contributed by atoms with Crippen LogP contribution in [0.1, 0.15) is 63.1 Å². The van der Waals surface area contributed by atoms with Crippen LogP contribution in [0.15, 0.2) is 4.42 Å². The van der Waals surface area contributed by atoms with Crippen molar-refractivity contribution in [1.82, 2.24) is 19.6 Å². The molecule has 0 bridgehead atoms. The summed E-state index contributed by atoms with van der Waals surface area (Å²) < 4.78 is 15.9. The molecule has 0 amide bonds. The van der Waals surface area contributed by atoms with Gasteiger partial charge in [0.1, 0.15) is 5.82 Å². The summed E-state index contributed by atoms with van der Waals surface area (Å²) in [6.45, 7) is 9.65. The summed E-state index contributed by atoms with van der Waals surface area (Å²) in [6.07, 6.45) is 1.93. The molecule has 0 N–H and O–H groups in total. The second kappa shape index (κ2) is 6.07. The van der Waals surface area contributed by atoms with E-state index in [1.165, 1.54) is 11.5 Å². The minimum Gasteiger partial charge on any atom is -0.424 e. The van der Waals surface area contributed by atoms with Crippen LogP contribution < -0.4 is 4.90 Å². The summed E-state index contributed by atoms with van der Waals surface area (Å²) in [5.41, 5.74) is -0.0971. The number of aromatic nitrogens is 4. The Labute approximate surface area is 145 Å². The predicted molar refractivity (Wildman–Crippen MR) is 90.7 cm³/mol. The number of hydrogen-bond donors (Lipinski definition) is 0. The zero-order chi connectivity index (χ0) is 16.7. The molecule has 130 valence electrons. The molecule has 0 atom stereocenters. The third-order valence-corrected chi connectivity index (χ3v) is 5.62. The molecule has 2 aliphatic rings. The molecule has 4 rings (SSSR count). The van der Waals surface area contributed by atoms with E-state index >= 15 is 0 Å². The van der Waals surface area contributed by atoms with E-state index in [-0.39, 0.29) is 5.41 Å². The second-order valence-corrected chi connectivity index (χ2v) is 8.07. The lowest BCUT2D eigenvalue weighted by molar-refractivity contribution is 0.0785. The smallest absolute Gasteiger partial charge is 0.225 e. The summed E-state index contributed by atoms with van der Waals surface area (Å²) in [5, 5.41) is 9.61. The van der Waals surface area contributed by atoms with E-state index in [4.69, 9.17) is 9.15 Å². The molecule has 24 heavy (non-hydrogen) atoms. The Bertz CT molecular complexity index is 701. The first kappa shape index (κ1) is 16.0. The molecule has 4 heterocycles. The molecular formula is C16H23N5O2S. The molecule has 2 saturated heterocycles. The lowest BCUT2D eigenvalue weighted by atomic mass is 9.82. The van der Waals surface area contributed by atoms with Crippen molar-refractivity contribution in [2.45, 2.75) is 50.9 Å². The third kappa shape index (κ3) is 2.82. The summed E-state index contributed by atoms with van der Waals surface area (Å²) in [6, 6.07) is 0. The van der Waals surface area contributed by atoms with E-state index in [2.05, 4.69) is 45.2 Å². The maximum atomic E-state index is 6.02. The van der Waals surface area contributed by atoms with Gasteiger partial charge in [0.05, 0.1) is 5.41 Å². The highest BCUT2D eigenvalue weighted by Gasteiger charge is 2.46. The van der Waals surface area contributed by atoms with Crippen LogP contribution in [0.5, 0.6) is 0 Å². The highest BCUT2D eigenvalue weighted by atomic mass is 32.1. The zero-order valence-corrected chi connectivity index (χ0v) is 15.2. The lowest BCUT2D eigenvalue weighted by Crippen LogP contribution is -2.58. The Morgan fingerprint density at radius 3 is 2.62 bits per heavy atom. The molecular weight excluding hydrogens is 326 g/mol. The Morgan fingerprint density at radius 2 is 1.96 bits per heavy atom. The van der Waals surface area contributed by atoms with Gasteiger partial charge in [-0.2, -0.15) is 4.37 Å². The maximum absolute atomic E-state index is 6.02. The monoisotopic (exact) mass is 349 g/mol. The standard InChI is InChI=1S/C16H23N5O2S/c1-10(2)12-17-15(24-20-12)21-8-16(3,9-21)14-19-18-13(23-14)11-4-6-22-7-5-11/h10-11H,4-9H2,1-3H3. The van der Waals surface area contributed by atoms with Crippen molar-refractivity contribution in [3.8, 4) is 0 Å². The van der Waals surface area contributed by atoms with Gasteiger partial charge in [-0.25, -0.2) is 4.98 Å². The van der Waals surface area contributed by atoms with Crippen LogP contribution in [0.25, 0.3) is 0 Å². The molecule has 8 heteroatoms. The first-order chi connectivity index (χ1) is 11.5. The van der Waals surface area contributed by atoms with E-state index < -0.39 is 0 Å². The number of nitrogens with zero attached hydrogens (tertiary/aromatic N) is 5. The van der Waals surface area contributed by atoms with Crippen LogP contribution in [-0.4, -0.2) is 45.9 Å². The van der Waals surface area contributed by atoms with Gasteiger partial charge in [0.25, 0.3) is 0 Å². The van der Waals surface area contributed by atoms with Gasteiger partial charge < -0.3 is 14.1 Å². The summed E-state index contributed by atoms with van der Waals surface area (Å²) >= 11 is 1.47. The van der Waals surface area contributed by atoms with Crippen molar-refractivity contribution >= 4 is 16.7 Å². The Hall–Kier alpha value is -1.54. The van der Waals surface area contributed by atoms with Gasteiger partial charge in [0.2, 0.25) is 16.9 Å². The van der Waals surface area contributed by atoms with E-state index in [0.29, 0.717) is 11.8 Å². The molecule has 0 spiro atoms. The summed E-state index contributed by atoms with van der Waals surface area (Å²) in [7, 11) is 0. The minimum atomic E-state index is -0.0971. The van der Waals surface area contributed by atoms with Crippen LogP contribution in [0, 0.1) is 0 Å². The second-order valence-electron chi connectivity index (χ2n) is 7.34. The first-order valence-corrected chi connectivity index (χ1v) is 9.33. The fourth-order valence-electron chi connectivity index (χ4n) is 3.24. The van der Waals surface area contributed by atoms with Gasteiger partial charge >= 0.3 is 0 Å². The molecule has 0 aliphatic carbocycles. The highest BCUT2D eigenvalue weighted by molar-refractivity contribution is 7.09. The van der Waals surface area contributed by atoms with E-state index in [1.54, 1.807) is 0 Å². The van der Waals surface area contributed by atoms with Gasteiger partial charge in [-0.15, -0.1) is 10.2 Å². The normalized spacial score (nSPS) is 21.2. The van der Waals surface area contributed by atoms with Crippen molar-refractivity contribution in [2.75, 3.05) is 31.2 Å². The largest absolute Gasteiger partial charge is 0.424 e. The number of rotatable bonds is 4. The maximum Gasteiger partial charge on any atom is 0.225 e. The molecule has 0 aromatic carbocycles. The van der Waals surface area contributed by atoms with Crippen molar-refractivity contribution in [3.05, 3.63) is 17.6 Å². The van der Waals surface area contributed by atoms with E-state index in [9.17, 15) is 0 Å². The van der Waals surface area contributed by atoms with Gasteiger partial charge in [0.15, 0.2) is 0 Å². The third-order valence-electron chi connectivity index (χ3n) is 4.83. The molecule has 2 aromatic heterocycles. The quantitative estimate of drug-likeness (QED) is 0.840. The number of ether oxygens (including phenoxy) is 1. The summed E-state index contributed by atoms with van der Waals surface area (Å²) in [5.74, 6) is 3.14. The molecule has 2 fully saturated rings. The van der Waals surface area contributed by atoms with E-state index in [0.717, 1.165) is 61.9 Å². The van der Waals surface area contributed by atoms with Gasteiger partial charge in [-0.3, -0.25) is 0 Å². The molecule has 0 radical (unpaired) electrons. The first-order valence-electron chi connectivity index (χ1n) is 8.55. The fraction of sp³-hybridized carbons (Fsp3) is 0.750. The summed E-state index contributed by atoms with van der Waals surface area (Å²) in [4.78, 5) is 6.86. The molecule has 2 aliphatic heterocycles. The lowest BCUT2D eigenvalue weighted by Gasteiger charge is -2.45. The zero-order valence-electron chi connectivity index (χ0n) is 14.4. The van der Waals surface area contributed by atoms with Crippen LogP contribution in [0.4, 0.5) is 5.13 Å².